The number of amides is 1. The van der Waals surface area contributed by atoms with Crippen LogP contribution in [0.4, 0.5) is 0 Å². The summed E-state index contributed by atoms with van der Waals surface area (Å²) in [6.07, 6.45) is 3.13. The maximum atomic E-state index is 11.3. The van der Waals surface area contributed by atoms with Gasteiger partial charge in [-0.05, 0) is 30.4 Å². The van der Waals surface area contributed by atoms with Crippen molar-refractivity contribution in [1.82, 2.24) is 5.32 Å². The second kappa shape index (κ2) is 7.06. The first-order valence-electron chi connectivity index (χ1n) is 5.40. The topological polar surface area (TPSA) is 69.6 Å². The molecule has 0 radical (unpaired) electrons. The minimum atomic E-state index is -0.129. The van der Waals surface area contributed by atoms with Crippen molar-refractivity contribution >= 4 is 17.7 Å². The number of phenolic OH excluding ortho intramolecular Hbond substituents is 2. The molecule has 4 nitrogen and oxygen atoms in total. The molecule has 0 saturated heterocycles. The largest absolute Gasteiger partial charge is 0.504 e. The molecule has 5 heteroatoms. The van der Waals surface area contributed by atoms with Crippen LogP contribution in [0.25, 0.3) is 0 Å². The van der Waals surface area contributed by atoms with E-state index in [1.54, 1.807) is 17.8 Å². The lowest BCUT2D eigenvalue weighted by atomic mass is 10.1. The number of aromatic hydroxyl groups is 2. The average Bonchev–Trinajstić information content (AvgIpc) is 2.31. The first-order valence-corrected chi connectivity index (χ1v) is 6.79. The van der Waals surface area contributed by atoms with Gasteiger partial charge in [0.15, 0.2) is 11.5 Å². The highest BCUT2D eigenvalue weighted by Gasteiger charge is 2.02. The minimum Gasteiger partial charge on any atom is -0.504 e. The van der Waals surface area contributed by atoms with E-state index in [9.17, 15) is 9.90 Å². The molecule has 0 unspecified atom stereocenters. The van der Waals surface area contributed by atoms with E-state index in [4.69, 9.17) is 5.11 Å². The van der Waals surface area contributed by atoms with Crippen LogP contribution in [0.5, 0.6) is 11.5 Å². The summed E-state index contributed by atoms with van der Waals surface area (Å²) >= 11 is 1.64. The summed E-state index contributed by atoms with van der Waals surface area (Å²) in [7, 11) is 0. The second-order valence-electron chi connectivity index (χ2n) is 3.67. The van der Waals surface area contributed by atoms with Crippen LogP contribution in [0.3, 0.4) is 0 Å². The molecule has 0 fully saturated rings. The number of phenols is 2. The Hall–Kier alpha value is -1.36. The van der Waals surface area contributed by atoms with Crippen molar-refractivity contribution in [3.05, 3.63) is 23.8 Å². The predicted octanol–water partition coefficient (Wildman–Crippen LogP) is 1.51. The van der Waals surface area contributed by atoms with Gasteiger partial charge in [0, 0.05) is 18.7 Å². The fourth-order valence-corrected chi connectivity index (χ4v) is 1.74. The summed E-state index contributed by atoms with van der Waals surface area (Å²) in [4.78, 5) is 11.3. The molecule has 0 atom stereocenters. The Labute approximate surface area is 105 Å². The first kappa shape index (κ1) is 13.7. The zero-order chi connectivity index (χ0) is 12.7. The molecule has 0 aliphatic rings. The van der Waals surface area contributed by atoms with E-state index in [1.165, 1.54) is 12.1 Å². The van der Waals surface area contributed by atoms with Gasteiger partial charge in [-0.1, -0.05) is 6.07 Å². The summed E-state index contributed by atoms with van der Waals surface area (Å²) in [6, 6.07) is 4.67. The Morgan fingerprint density at radius 3 is 2.76 bits per heavy atom. The Morgan fingerprint density at radius 2 is 2.12 bits per heavy atom. The number of hydrogen-bond acceptors (Lipinski definition) is 4. The highest BCUT2D eigenvalue weighted by atomic mass is 32.2. The summed E-state index contributed by atoms with van der Waals surface area (Å²) in [5, 5.41) is 21.2. The second-order valence-corrected chi connectivity index (χ2v) is 4.65. The molecule has 0 heterocycles. The minimum absolute atomic E-state index is 0.0438. The number of nitrogens with one attached hydrogen (secondary N) is 1. The molecular weight excluding hydrogens is 238 g/mol. The van der Waals surface area contributed by atoms with E-state index in [0.717, 1.165) is 11.3 Å². The van der Waals surface area contributed by atoms with E-state index >= 15 is 0 Å². The quantitative estimate of drug-likeness (QED) is 0.674. The van der Waals surface area contributed by atoms with Crippen molar-refractivity contribution in [1.29, 1.82) is 0 Å². The van der Waals surface area contributed by atoms with Crippen LogP contribution in [-0.4, -0.2) is 34.7 Å². The molecular formula is C12H17NO3S. The van der Waals surface area contributed by atoms with E-state index < -0.39 is 0 Å². The van der Waals surface area contributed by atoms with Crippen molar-refractivity contribution in [3.63, 3.8) is 0 Å². The Morgan fingerprint density at radius 1 is 1.35 bits per heavy atom. The fraction of sp³-hybridized carbons (Fsp3) is 0.417. The number of carbonyl (C=O) groups is 1. The third kappa shape index (κ3) is 4.99. The normalized spacial score (nSPS) is 10.2. The van der Waals surface area contributed by atoms with Gasteiger partial charge in [0.2, 0.25) is 5.91 Å². The van der Waals surface area contributed by atoms with Crippen molar-refractivity contribution in [2.45, 2.75) is 12.8 Å². The van der Waals surface area contributed by atoms with E-state index in [0.29, 0.717) is 19.4 Å². The maximum absolute atomic E-state index is 11.3. The monoisotopic (exact) mass is 255 g/mol. The molecule has 1 aromatic rings. The molecule has 94 valence electrons. The van der Waals surface area contributed by atoms with Gasteiger partial charge in [0.05, 0.1) is 0 Å². The number of rotatable bonds is 6. The van der Waals surface area contributed by atoms with Crippen LogP contribution in [-0.2, 0) is 11.2 Å². The van der Waals surface area contributed by atoms with Crippen LogP contribution >= 0.6 is 11.8 Å². The zero-order valence-corrected chi connectivity index (χ0v) is 10.6. The Balaban J connectivity index is 2.30. The molecule has 0 aromatic heterocycles. The lowest BCUT2D eigenvalue weighted by Gasteiger charge is -2.05. The van der Waals surface area contributed by atoms with Crippen molar-refractivity contribution in [3.8, 4) is 11.5 Å². The Kier molecular flexibility index (Phi) is 5.69. The summed E-state index contributed by atoms with van der Waals surface area (Å²) < 4.78 is 0. The molecule has 17 heavy (non-hydrogen) atoms. The predicted molar refractivity (Wildman–Crippen MR) is 69.5 cm³/mol. The van der Waals surface area contributed by atoms with Crippen LogP contribution in [0.15, 0.2) is 18.2 Å². The van der Waals surface area contributed by atoms with Gasteiger partial charge in [0.25, 0.3) is 0 Å². The van der Waals surface area contributed by atoms with Crippen LogP contribution < -0.4 is 5.32 Å². The van der Waals surface area contributed by atoms with E-state index in [1.807, 2.05) is 6.26 Å². The van der Waals surface area contributed by atoms with Crippen LogP contribution in [0.1, 0.15) is 12.0 Å². The number of thioether (sulfide) groups is 1. The summed E-state index contributed by atoms with van der Waals surface area (Å²) in [5.41, 5.74) is 0.880. The third-order valence-electron chi connectivity index (χ3n) is 2.31. The van der Waals surface area contributed by atoms with Crippen molar-refractivity contribution in [2.75, 3.05) is 18.6 Å². The highest BCUT2D eigenvalue weighted by Crippen LogP contribution is 2.24. The molecule has 1 aromatic carbocycles. The van der Waals surface area contributed by atoms with Crippen molar-refractivity contribution in [2.24, 2.45) is 0 Å². The van der Waals surface area contributed by atoms with Gasteiger partial charge in [-0.25, -0.2) is 0 Å². The molecule has 1 rings (SSSR count). The average molecular weight is 255 g/mol. The molecule has 3 N–H and O–H groups in total. The van der Waals surface area contributed by atoms with Crippen LogP contribution in [0, 0.1) is 0 Å². The van der Waals surface area contributed by atoms with Gasteiger partial charge in [0.1, 0.15) is 0 Å². The number of benzene rings is 1. The molecule has 0 aliphatic carbocycles. The van der Waals surface area contributed by atoms with Gasteiger partial charge in [-0.3, -0.25) is 4.79 Å². The van der Waals surface area contributed by atoms with Gasteiger partial charge in [-0.2, -0.15) is 11.8 Å². The molecule has 0 aliphatic heterocycles. The number of hydrogen-bond donors (Lipinski definition) is 3. The molecule has 0 bridgehead atoms. The Bertz CT molecular complexity index is 382. The SMILES string of the molecule is CSCCC(=O)NCCc1ccc(O)c(O)c1. The maximum Gasteiger partial charge on any atom is 0.220 e. The molecule has 0 saturated carbocycles. The van der Waals surface area contributed by atoms with Crippen LogP contribution in [0.2, 0.25) is 0 Å². The van der Waals surface area contributed by atoms with E-state index in [-0.39, 0.29) is 17.4 Å². The molecule has 1 amide bonds. The lowest BCUT2D eigenvalue weighted by Crippen LogP contribution is -2.25. The molecule has 0 spiro atoms. The number of carbonyl (C=O) groups excluding carboxylic acids is 1. The fourth-order valence-electron chi connectivity index (χ4n) is 1.35. The summed E-state index contributed by atoms with van der Waals surface area (Å²) in [6.45, 7) is 0.539. The zero-order valence-electron chi connectivity index (χ0n) is 9.77. The van der Waals surface area contributed by atoms with E-state index in [2.05, 4.69) is 5.32 Å². The third-order valence-corrected chi connectivity index (χ3v) is 2.92. The van der Waals surface area contributed by atoms with Gasteiger partial charge >= 0.3 is 0 Å². The van der Waals surface area contributed by atoms with Gasteiger partial charge < -0.3 is 15.5 Å². The van der Waals surface area contributed by atoms with Gasteiger partial charge in [-0.15, -0.1) is 0 Å². The summed E-state index contributed by atoms with van der Waals surface area (Å²) in [5.74, 6) is 0.613. The lowest BCUT2D eigenvalue weighted by molar-refractivity contribution is -0.120. The highest BCUT2D eigenvalue weighted by molar-refractivity contribution is 7.98. The standard InChI is InChI=1S/C12H17NO3S/c1-17-7-5-12(16)13-6-4-9-2-3-10(14)11(15)8-9/h2-3,8,14-15H,4-7H2,1H3,(H,13,16). The smallest absolute Gasteiger partial charge is 0.220 e. The first-order chi connectivity index (χ1) is 8.13. The van der Waals surface area contributed by atoms with Crippen molar-refractivity contribution < 1.29 is 15.0 Å².